The third-order valence-corrected chi connectivity index (χ3v) is 8.77. The van der Waals surface area contributed by atoms with Crippen LogP contribution in [0.1, 0.15) is 18.6 Å². The number of nitrogens with zero attached hydrogens (tertiary/aromatic N) is 3. The molecule has 1 aromatic rings. The van der Waals surface area contributed by atoms with Gasteiger partial charge in [-0.3, -0.25) is 33.9 Å². The van der Waals surface area contributed by atoms with Crippen molar-refractivity contribution in [3.63, 3.8) is 0 Å². The Balaban J connectivity index is 1.13. The predicted molar refractivity (Wildman–Crippen MR) is 113 cm³/mol. The van der Waals surface area contributed by atoms with Gasteiger partial charge in [-0.1, -0.05) is 24.3 Å². The Kier molecular flexibility index (Phi) is 3.99. The van der Waals surface area contributed by atoms with Gasteiger partial charge in [0.1, 0.15) is 5.76 Å². The number of furan rings is 1. The number of fused-ring (bicyclic) bond motifs is 10. The van der Waals surface area contributed by atoms with Gasteiger partial charge in [-0.05, 0) is 48.6 Å². The molecule has 7 rings (SSSR count). The molecule has 0 radical (unpaired) electrons. The molecule has 8 heteroatoms. The Hall–Kier alpha value is -3.00. The lowest BCUT2D eigenvalue weighted by Gasteiger charge is -2.30. The molecule has 1 aromatic heterocycles. The van der Waals surface area contributed by atoms with E-state index >= 15 is 0 Å². The summed E-state index contributed by atoms with van der Waals surface area (Å²) in [5.74, 6) is -0.396. The highest BCUT2D eigenvalue weighted by Crippen LogP contribution is 2.53. The molecule has 4 bridgehead atoms. The van der Waals surface area contributed by atoms with Crippen molar-refractivity contribution in [3.05, 3.63) is 48.5 Å². The van der Waals surface area contributed by atoms with Crippen LogP contribution >= 0.6 is 0 Å². The number of imide groups is 2. The molecule has 170 valence electrons. The van der Waals surface area contributed by atoms with E-state index in [0.717, 1.165) is 12.8 Å². The van der Waals surface area contributed by atoms with E-state index in [1.54, 1.807) is 17.2 Å². The fourth-order valence-electron chi connectivity index (χ4n) is 7.37. The molecule has 2 aliphatic heterocycles. The van der Waals surface area contributed by atoms with Crippen LogP contribution in [0.3, 0.4) is 0 Å². The molecule has 4 aliphatic carbocycles. The van der Waals surface area contributed by atoms with Crippen LogP contribution < -0.4 is 0 Å². The number of hydrogen-bond donors (Lipinski definition) is 0. The summed E-state index contributed by atoms with van der Waals surface area (Å²) in [5, 5.41) is 0. The number of hydrogen-bond acceptors (Lipinski definition) is 6. The van der Waals surface area contributed by atoms with Crippen LogP contribution in [0.15, 0.2) is 47.1 Å². The second kappa shape index (κ2) is 6.76. The quantitative estimate of drug-likeness (QED) is 0.486. The van der Waals surface area contributed by atoms with Gasteiger partial charge in [0.05, 0.1) is 49.8 Å². The summed E-state index contributed by atoms with van der Waals surface area (Å²) in [6.45, 7) is 0.382. The molecule has 4 amide bonds. The van der Waals surface area contributed by atoms with E-state index in [0.29, 0.717) is 12.3 Å². The third-order valence-electron chi connectivity index (χ3n) is 8.77. The zero-order valence-electron chi connectivity index (χ0n) is 18.1. The van der Waals surface area contributed by atoms with E-state index in [-0.39, 0.29) is 84.3 Å². The van der Waals surface area contributed by atoms with E-state index in [4.69, 9.17) is 4.42 Å². The van der Waals surface area contributed by atoms with Gasteiger partial charge in [0.25, 0.3) is 0 Å². The maximum absolute atomic E-state index is 13.2. The lowest BCUT2D eigenvalue weighted by molar-refractivity contribution is -0.146. The molecule has 8 atom stereocenters. The molecule has 0 N–H and O–H groups in total. The summed E-state index contributed by atoms with van der Waals surface area (Å²) >= 11 is 0. The summed E-state index contributed by atoms with van der Waals surface area (Å²) in [4.78, 5) is 57.3. The summed E-state index contributed by atoms with van der Waals surface area (Å²) in [7, 11) is 0. The Morgan fingerprint density at radius 1 is 0.727 bits per heavy atom. The first-order valence-electron chi connectivity index (χ1n) is 11.8. The minimum Gasteiger partial charge on any atom is -0.468 e. The smallest absolute Gasteiger partial charge is 0.234 e. The van der Waals surface area contributed by atoms with Gasteiger partial charge in [0.15, 0.2) is 0 Å². The average Bonchev–Trinajstić information content (AvgIpc) is 3.63. The van der Waals surface area contributed by atoms with Gasteiger partial charge >= 0.3 is 0 Å². The van der Waals surface area contributed by atoms with Gasteiger partial charge < -0.3 is 4.42 Å². The van der Waals surface area contributed by atoms with E-state index in [1.165, 1.54) is 9.80 Å². The van der Waals surface area contributed by atoms with Crippen LogP contribution in [-0.2, 0) is 25.7 Å². The number of amides is 4. The fourth-order valence-corrected chi connectivity index (χ4v) is 7.37. The molecule has 0 unspecified atom stereocenters. The molecule has 4 fully saturated rings. The van der Waals surface area contributed by atoms with Crippen LogP contribution in [0.2, 0.25) is 0 Å². The summed E-state index contributed by atoms with van der Waals surface area (Å²) < 4.78 is 5.50. The van der Waals surface area contributed by atoms with Crippen LogP contribution in [-0.4, -0.2) is 51.7 Å². The highest BCUT2D eigenvalue weighted by atomic mass is 16.3. The fraction of sp³-hybridized carbons (Fsp3) is 0.520. The first-order valence-corrected chi connectivity index (χ1v) is 11.8. The molecular weight excluding hydrogens is 422 g/mol. The number of carbonyl (C=O) groups is 4. The standard InChI is InChI=1S/C25H25N3O5/c29-22-18-13-3-4-14(8-13)19(18)23(30)27(22)11-26(10-17-2-1-7-33-17)12-28-24(31)20-15-5-6-16(9-15)21(20)25(28)32/h1-7,13-16,18-21H,8-12H2/t13-,14-,15-,16-,18-,19+,20-,21+/m0/s1. The Morgan fingerprint density at radius 3 is 1.52 bits per heavy atom. The van der Waals surface area contributed by atoms with Crippen LogP contribution in [0.25, 0.3) is 0 Å². The number of likely N-dealkylation sites (tertiary alicyclic amines) is 2. The second-order valence-corrected chi connectivity index (χ2v) is 10.4. The number of carbonyl (C=O) groups excluding carboxylic acids is 4. The van der Waals surface area contributed by atoms with Crippen molar-refractivity contribution in [2.45, 2.75) is 19.4 Å². The summed E-state index contributed by atoms with van der Waals surface area (Å²) in [6.07, 6.45) is 11.6. The van der Waals surface area contributed by atoms with Crippen LogP contribution in [0.5, 0.6) is 0 Å². The van der Waals surface area contributed by atoms with Crippen LogP contribution in [0, 0.1) is 47.3 Å². The van der Waals surface area contributed by atoms with Crippen molar-refractivity contribution in [1.82, 2.24) is 14.7 Å². The molecule has 0 aromatic carbocycles. The molecule has 33 heavy (non-hydrogen) atoms. The average molecular weight is 447 g/mol. The van der Waals surface area contributed by atoms with Gasteiger partial charge in [-0.2, -0.15) is 0 Å². The summed E-state index contributed by atoms with van der Waals surface area (Å²) in [5.41, 5.74) is 0. The minimum atomic E-state index is -0.269. The second-order valence-electron chi connectivity index (χ2n) is 10.4. The summed E-state index contributed by atoms with van der Waals surface area (Å²) in [6, 6.07) is 3.58. The first-order chi connectivity index (χ1) is 16.0. The van der Waals surface area contributed by atoms with Crippen molar-refractivity contribution in [2.75, 3.05) is 13.3 Å². The largest absolute Gasteiger partial charge is 0.468 e. The topological polar surface area (TPSA) is 91.1 Å². The van der Waals surface area contributed by atoms with Crippen molar-refractivity contribution in [2.24, 2.45) is 47.3 Å². The molecular formula is C25H25N3O5. The zero-order valence-corrected chi connectivity index (χ0v) is 18.1. The number of rotatable bonds is 6. The zero-order chi connectivity index (χ0) is 22.4. The molecule has 2 saturated carbocycles. The van der Waals surface area contributed by atoms with Gasteiger partial charge in [-0.15, -0.1) is 0 Å². The van der Waals surface area contributed by atoms with E-state index in [2.05, 4.69) is 24.3 Å². The van der Waals surface area contributed by atoms with Crippen LogP contribution in [0.4, 0.5) is 0 Å². The molecule has 3 heterocycles. The van der Waals surface area contributed by atoms with Gasteiger partial charge in [0, 0.05) is 0 Å². The maximum atomic E-state index is 13.2. The lowest BCUT2D eigenvalue weighted by Crippen LogP contribution is -2.48. The predicted octanol–water partition coefficient (Wildman–Crippen LogP) is 1.61. The lowest BCUT2D eigenvalue weighted by atomic mass is 9.85. The molecule has 0 spiro atoms. The third kappa shape index (κ3) is 2.61. The van der Waals surface area contributed by atoms with Crippen molar-refractivity contribution in [3.8, 4) is 0 Å². The molecule has 2 saturated heterocycles. The van der Waals surface area contributed by atoms with E-state index < -0.39 is 0 Å². The molecule has 6 aliphatic rings. The highest BCUT2D eigenvalue weighted by molar-refractivity contribution is 6.07. The molecule has 8 nitrogen and oxygen atoms in total. The van der Waals surface area contributed by atoms with Gasteiger partial charge in [-0.25, -0.2) is 0 Å². The maximum Gasteiger partial charge on any atom is 0.234 e. The Morgan fingerprint density at radius 2 is 1.15 bits per heavy atom. The normalized spacial score (nSPS) is 39.8. The van der Waals surface area contributed by atoms with E-state index in [1.807, 2.05) is 6.07 Å². The Labute approximate surface area is 190 Å². The Bertz CT molecular complexity index is 993. The SMILES string of the molecule is O=C1[C@@H]2[C@H](C(=O)N1CN(Cc1ccco1)CN1C(=O)[C@@H]3[C@H](C1=O)[C@H]1C=C[C@H]3C1)[C@H]1C=C[C@H]2C1. The number of allylic oxidation sites excluding steroid dienone is 4. The van der Waals surface area contributed by atoms with Crippen molar-refractivity contribution in [1.29, 1.82) is 0 Å². The minimum absolute atomic E-state index is 0.0440. The monoisotopic (exact) mass is 447 g/mol. The van der Waals surface area contributed by atoms with E-state index in [9.17, 15) is 19.2 Å². The first kappa shape index (κ1) is 19.5. The van der Waals surface area contributed by atoms with Gasteiger partial charge in [0.2, 0.25) is 23.6 Å². The highest BCUT2D eigenvalue weighted by Gasteiger charge is 2.61. The van der Waals surface area contributed by atoms with Crippen molar-refractivity contribution < 1.29 is 23.6 Å². The van der Waals surface area contributed by atoms with Crippen molar-refractivity contribution >= 4 is 23.6 Å².